The highest BCUT2D eigenvalue weighted by atomic mass is 79.9. The first-order valence-corrected chi connectivity index (χ1v) is 5.85. The summed E-state index contributed by atoms with van der Waals surface area (Å²) in [4.78, 5) is 11.4. The van der Waals surface area contributed by atoms with E-state index < -0.39 is 0 Å². The Hall–Kier alpha value is -1.29. The maximum absolute atomic E-state index is 11.4. The molecule has 0 spiro atoms. The Morgan fingerprint density at radius 3 is 2.81 bits per heavy atom. The molecule has 4 heteroatoms. The average molecular weight is 285 g/mol. The lowest BCUT2D eigenvalue weighted by atomic mass is 10.1. The first-order valence-electron chi connectivity index (χ1n) is 4.73. The van der Waals surface area contributed by atoms with E-state index in [4.69, 9.17) is 4.74 Å². The van der Waals surface area contributed by atoms with Crippen molar-refractivity contribution in [3.63, 3.8) is 0 Å². The molecule has 1 aromatic carbocycles. The number of benzene rings is 1. The van der Waals surface area contributed by atoms with E-state index >= 15 is 0 Å². The van der Waals surface area contributed by atoms with Crippen molar-refractivity contribution in [3.05, 3.63) is 42.0 Å². The summed E-state index contributed by atoms with van der Waals surface area (Å²) in [6.07, 6.45) is 1.65. The predicted octanol–water partition coefficient (Wildman–Crippen LogP) is 2.93. The fraction of sp³-hybridized carbons (Fsp3) is 0.250. The van der Waals surface area contributed by atoms with Crippen LogP contribution in [0.1, 0.15) is 15.9 Å². The molecule has 0 saturated carbocycles. The number of halogens is 1. The monoisotopic (exact) mass is 284 g/mol. The number of hydrogen-bond acceptors (Lipinski definition) is 3. The molecule has 0 fully saturated rings. The van der Waals surface area contributed by atoms with Gasteiger partial charge in [0.1, 0.15) is 12.4 Å². The second-order valence-electron chi connectivity index (χ2n) is 3.09. The summed E-state index contributed by atoms with van der Waals surface area (Å²) in [6, 6.07) is 5.29. The van der Waals surface area contributed by atoms with E-state index in [0.717, 1.165) is 5.56 Å². The van der Waals surface area contributed by atoms with Gasteiger partial charge in [-0.05, 0) is 23.8 Å². The third kappa shape index (κ3) is 3.38. The average Bonchev–Trinajstić information content (AvgIpc) is 2.34. The Morgan fingerprint density at radius 1 is 1.50 bits per heavy atom. The van der Waals surface area contributed by atoms with Gasteiger partial charge >= 0.3 is 5.97 Å². The maximum Gasteiger partial charge on any atom is 0.337 e. The summed E-state index contributed by atoms with van der Waals surface area (Å²) >= 11 is 3.34. The molecule has 0 unspecified atom stereocenters. The number of carbonyl (C=O) groups is 1. The minimum Gasteiger partial charge on any atom is -0.490 e. The molecule has 86 valence electrons. The number of alkyl halides is 1. The Kier molecular flexibility index (Phi) is 5.05. The summed E-state index contributed by atoms with van der Waals surface area (Å²) in [5.41, 5.74) is 1.44. The lowest BCUT2D eigenvalue weighted by Gasteiger charge is -2.07. The summed E-state index contributed by atoms with van der Waals surface area (Å²) in [7, 11) is 1.35. The molecule has 3 nitrogen and oxygen atoms in total. The maximum atomic E-state index is 11.4. The Balaban J connectivity index is 3.00. The zero-order chi connectivity index (χ0) is 12.0. The first kappa shape index (κ1) is 12.8. The molecule has 0 aliphatic rings. The molecule has 0 saturated heterocycles. The quantitative estimate of drug-likeness (QED) is 0.474. The van der Waals surface area contributed by atoms with Crippen LogP contribution in [0, 0.1) is 0 Å². The zero-order valence-electron chi connectivity index (χ0n) is 9.03. The summed E-state index contributed by atoms with van der Waals surface area (Å²) in [5.74, 6) is 0.267. The van der Waals surface area contributed by atoms with Gasteiger partial charge in [-0.1, -0.05) is 28.6 Å². The molecule has 0 radical (unpaired) electrons. The van der Waals surface area contributed by atoms with E-state index in [1.165, 1.54) is 7.11 Å². The van der Waals surface area contributed by atoms with E-state index in [-0.39, 0.29) is 5.97 Å². The van der Waals surface area contributed by atoms with Gasteiger partial charge < -0.3 is 9.47 Å². The Bertz CT molecular complexity index is 388. The molecule has 0 bridgehead atoms. The molecule has 0 aromatic heterocycles. The van der Waals surface area contributed by atoms with Crippen molar-refractivity contribution < 1.29 is 14.3 Å². The van der Waals surface area contributed by atoms with Gasteiger partial charge in [-0.25, -0.2) is 4.79 Å². The van der Waals surface area contributed by atoms with Gasteiger partial charge in [-0.3, -0.25) is 0 Å². The second-order valence-corrected chi connectivity index (χ2v) is 3.65. The fourth-order valence-electron chi connectivity index (χ4n) is 1.21. The first-order chi connectivity index (χ1) is 7.71. The van der Waals surface area contributed by atoms with Crippen molar-refractivity contribution in [1.29, 1.82) is 0 Å². The number of esters is 1. The lowest BCUT2D eigenvalue weighted by molar-refractivity contribution is 0.0600. The van der Waals surface area contributed by atoms with Crippen molar-refractivity contribution in [2.45, 2.75) is 5.33 Å². The highest BCUT2D eigenvalue weighted by molar-refractivity contribution is 9.08. The van der Waals surface area contributed by atoms with Gasteiger partial charge in [0.05, 0.1) is 12.7 Å². The molecule has 1 rings (SSSR count). The molecule has 0 heterocycles. The fourth-order valence-corrected chi connectivity index (χ4v) is 1.54. The molecule has 0 amide bonds. The molecular formula is C12H13BrO3. The number of rotatable bonds is 5. The normalized spacial score (nSPS) is 9.62. The smallest absolute Gasteiger partial charge is 0.337 e. The van der Waals surface area contributed by atoms with Crippen LogP contribution in [0.4, 0.5) is 0 Å². The van der Waals surface area contributed by atoms with Crippen LogP contribution in [-0.2, 0) is 10.1 Å². The number of carbonyl (C=O) groups excluding carboxylic acids is 1. The number of ether oxygens (including phenoxy) is 2. The van der Waals surface area contributed by atoms with Crippen LogP contribution in [0.15, 0.2) is 30.9 Å². The van der Waals surface area contributed by atoms with E-state index in [1.807, 2.05) is 6.07 Å². The lowest BCUT2D eigenvalue weighted by Crippen LogP contribution is -2.03. The minimum atomic E-state index is -0.369. The van der Waals surface area contributed by atoms with Crippen molar-refractivity contribution in [2.75, 3.05) is 13.7 Å². The van der Waals surface area contributed by atoms with Crippen LogP contribution in [0.3, 0.4) is 0 Å². The third-order valence-electron chi connectivity index (χ3n) is 1.91. The van der Waals surface area contributed by atoms with Crippen molar-refractivity contribution in [1.82, 2.24) is 0 Å². The molecular weight excluding hydrogens is 272 g/mol. The number of hydrogen-bond donors (Lipinski definition) is 0. The van der Waals surface area contributed by atoms with Gasteiger partial charge in [0.25, 0.3) is 0 Å². The number of methoxy groups -OCH3 is 1. The van der Waals surface area contributed by atoms with Gasteiger partial charge in [-0.15, -0.1) is 0 Å². The minimum absolute atomic E-state index is 0.369. The van der Waals surface area contributed by atoms with Crippen LogP contribution in [0.25, 0.3) is 0 Å². The highest BCUT2D eigenvalue weighted by Crippen LogP contribution is 2.20. The van der Waals surface area contributed by atoms with E-state index in [2.05, 4.69) is 27.2 Å². The molecule has 1 aromatic rings. The summed E-state index contributed by atoms with van der Waals surface area (Å²) < 4.78 is 10.1. The SMILES string of the molecule is C=CCOc1cc(CBr)cc(C(=O)OC)c1. The van der Waals surface area contributed by atoms with Crippen molar-refractivity contribution >= 4 is 21.9 Å². The van der Waals surface area contributed by atoms with Crippen molar-refractivity contribution in [3.8, 4) is 5.75 Å². The Morgan fingerprint density at radius 2 is 2.25 bits per heavy atom. The van der Waals surface area contributed by atoms with Gasteiger partial charge in [-0.2, -0.15) is 0 Å². The van der Waals surface area contributed by atoms with E-state index in [0.29, 0.717) is 23.2 Å². The van der Waals surface area contributed by atoms with E-state index in [1.54, 1.807) is 18.2 Å². The van der Waals surface area contributed by atoms with Gasteiger partial charge in [0.15, 0.2) is 0 Å². The Labute approximate surface area is 103 Å². The third-order valence-corrected chi connectivity index (χ3v) is 2.56. The zero-order valence-corrected chi connectivity index (χ0v) is 10.6. The molecule has 16 heavy (non-hydrogen) atoms. The largest absolute Gasteiger partial charge is 0.490 e. The predicted molar refractivity (Wildman–Crippen MR) is 66.1 cm³/mol. The van der Waals surface area contributed by atoms with Crippen LogP contribution < -0.4 is 4.74 Å². The molecule has 0 N–H and O–H groups in total. The van der Waals surface area contributed by atoms with Gasteiger partial charge in [0, 0.05) is 5.33 Å². The standard InChI is InChI=1S/C12H13BrO3/c1-3-4-16-11-6-9(8-13)5-10(7-11)12(14)15-2/h3,5-7H,1,4,8H2,2H3. The topological polar surface area (TPSA) is 35.5 Å². The second kappa shape index (κ2) is 6.33. The van der Waals surface area contributed by atoms with Crippen LogP contribution >= 0.6 is 15.9 Å². The molecule has 0 atom stereocenters. The van der Waals surface area contributed by atoms with Crippen LogP contribution in [0.5, 0.6) is 5.75 Å². The summed E-state index contributed by atoms with van der Waals surface area (Å²) in [5, 5.41) is 0.655. The molecule has 0 aliphatic heterocycles. The highest BCUT2D eigenvalue weighted by Gasteiger charge is 2.08. The van der Waals surface area contributed by atoms with Crippen LogP contribution in [0.2, 0.25) is 0 Å². The van der Waals surface area contributed by atoms with E-state index in [9.17, 15) is 4.79 Å². The van der Waals surface area contributed by atoms with Crippen LogP contribution in [-0.4, -0.2) is 19.7 Å². The van der Waals surface area contributed by atoms with Gasteiger partial charge in [0.2, 0.25) is 0 Å². The van der Waals surface area contributed by atoms with Crippen molar-refractivity contribution in [2.24, 2.45) is 0 Å². The molecule has 0 aliphatic carbocycles. The summed E-state index contributed by atoms with van der Waals surface area (Å²) in [6.45, 7) is 3.98.